The van der Waals surface area contributed by atoms with Gasteiger partial charge in [-0.25, -0.2) is 0 Å². The van der Waals surface area contributed by atoms with Gasteiger partial charge in [0.25, 0.3) is 5.91 Å². The van der Waals surface area contributed by atoms with Crippen molar-refractivity contribution in [2.75, 3.05) is 39.3 Å². The molecule has 1 aliphatic rings. The number of nitrogens with zero attached hydrogens (tertiary/aromatic N) is 3. The monoisotopic (exact) mass is 438 g/mol. The lowest BCUT2D eigenvalue weighted by molar-refractivity contribution is 0.0849. The van der Waals surface area contributed by atoms with Crippen LogP contribution in [0.5, 0.6) is 0 Å². The summed E-state index contributed by atoms with van der Waals surface area (Å²) in [6.45, 7) is 7.57. The lowest BCUT2D eigenvalue weighted by Gasteiger charge is -2.39. The first-order valence-corrected chi connectivity index (χ1v) is 11.0. The Hall–Kier alpha value is -2.67. The van der Waals surface area contributed by atoms with Gasteiger partial charge in [0.05, 0.1) is 6.04 Å². The number of rotatable bonds is 7. The van der Waals surface area contributed by atoms with Crippen molar-refractivity contribution in [3.05, 3.63) is 76.9 Å². The van der Waals surface area contributed by atoms with Crippen molar-refractivity contribution >= 4 is 17.5 Å². The fraction of sp³-hybridized carbons (Fsp3) is 0.333. The molecule has 0 spiro atoms. The minimum atomic E-state index is -0.254. The predicted molar refractivity (Wildman–Crippen MR) is 122 cm³/mol. The van der Waals surface area contributed by atoms with E-state index in [4.69, 9.17) is 16.1 Å². The molecule has 1 fully saturated rings. The summed E-state index contributed by atoms with van der Waals surface area (Å²) in [7, 11) is 0. The van der Waals surface area contributed by atoms with Crippen molar-refractivity contribution < 1.29 is 9.32 Å². The zero-order valence-corrected chi connectivity index (χ0v) is 18.4. The third kappa shape index (κ3) is 5.15. The number of aromatic nitrogens is 1. The van der Waals surface area contributed by atoms with Crippen LogP contribution in [0.1, 0.15) is 29.0 Å². The van der Waals surface area contributed by atoms with Crippen LogP contribution in [0.15, 0.2) is 65.2 Å². The van der Waals surface area contributed by atoms with Crippen LogP contribution >= 0.6 is 11.6 Å². The first kappa shape index (κ1) is 21.6. The van der Waals surface area contributed by atoms with Gasteiger partial charge in [-0.2, -0.15) is 0 Å². The molecule has 7 heteroatoms. The van der Waals surface area contributed by atoms with Gasteiger partial charge in [-0.1, -0.05) is 72.2 Å². The minimum Gasteiger partial charge on any atom is -0.355 e. The molecule has 2 heterocycles. The maximum atomic E-state index is 12.8. The summed E-state index contributed by atoms with van der Waals surface area (Å²) in [6, 6.07) is 19.1. The fourth-order valence-corrected chi connectivity index (χ4v) is 4.23. The summed E-state index contributed by atoms with van der Waals surface area (Å²) < 4.78 is 5.37. The van der Waals surface area contributed by atoms with Gasteiger partial charge < -0.3 is 14.7 Å². The number of piperazine rings is 1. The lowest BCUT2D eigenvalue weighted by Crippen LogP contribution is -2.49. The van der Waals surface area contributed by atoms with Crippen molar-refractivity contribution in [2.45, 2.75) is 13.0 Å². The second kappa shape index (κ2) is 10.1. The first-order valence-electron chi connectivity index (χ1n) is 10.7. The number of carbonyl (C=O) groups is 1. The molecule has 0 bridgehead atoms. The van der Waals surface area contributed by atoms with Crippen LogP contribution in [0.4, 0.5) is 0 Å². The van der Waals surface area contributed by atoms with Crippen LogP contribution in [-0.2, 0) is 0 Å². The number of carbonyl (C=O) groups excluding carboxylic acids is 1. The Balaban J connectivity index is 1.47. The Morgan fingerprint density at radius 3 is 2.52 bits per heavy atom. The second-order valence-electron chi connectivity index (χ2n) is 7.66. The van der Waals surface area contributed by atoms with E-state index in [1.54, 1.807) is 6.07 Å². The van der Waals surface area contributed by atoms with Gasteiger partial charge in [0, 0.05) is 49.4 Å². The Kier molecular flexibility index (Phi) is 7.02. The molecule has 162 valence electrons. The highest BCUT2D eigenvalue weighted by atomic mass is 35.5. The summed E-state index contributed by atoms with van der Waals surface area (Å²) in [5.74, 6) is 0.319. The third-order valence-corrected chi connectivity index (χ3v) is 6.16. The summed E-state index contributed by atoms with van der Waals surface area (Å²) in [6.07, 6.45) is 0. The maximum absolute atomic E-state index is 12.8. The first-order chi connectivity index (χ1) is 15.2. The van der Waals surface area contributed by atoms with Gasteiger partial charge in [-0.05, 0) is 18.2 Å². The normalized spacial score (nSPS) is 16.2. The van der Waals surface area contributed by atoms with Crippen molar-refractivity contribution in [2.24, 2.45) is 0 Å². The smallest absolute Gasteiger partial charge is 0.273 e. The number of amides is 1. The molecule has 1 amide bonds. The molecule has 3 aromatic rings. The van der Waals surface area contributed by atoms with E-state index in [9.17, 15) is 4.79 Å². The molecule has 2 aromatic carbocycles. The maximum Gasteiger partial charge on any atom is 0.273 e. The number of likely N-dealkylation sites (N-methyl/N-ethyl adjacent to an activating group) is 1. The molecular weight excluding hydrogens is 412 g/mol. The van der Waals surface area contributed by atoms with Crippen molar-refractivity contribution in [1.29, 1.82) is 0 Å². The Labute approximate surface area is 187 Å². The number of hydrogen-bond donors (Lipinski definition) is 1. The van der Waals surface area contributed by atoms with E-state index in [0.29, 0.717) is 17.3 Å². The van der Waals surface area contributed by atoms with Crippen LogP contribution in [0.25, 0.3) is 11.3 Å². The zero-order valence-electron chi connectivity index (χ0n) is 17.6. The van der Waals surface area contributed by atoms with Gasteiger partial charge in [0.1, 0.15) is 0 Å². The van der Waals surface area contributed by atoms with E-state index in [1.165, 1.54) is 0 Å². The average molecular weight is 439 g/mol. The van der Waals surface area contributed by atoms with E-state index in [0.717, 1.165) is 43.9 Å². The number of halogens is 1. The third-order valence-electron chi connectivity index (χ3n) is 5.82. The zero-order chi connectivity index (χ0) is 21.6. The van der Waals surface area contributed by atoms with Crippen LogP contribution in [-0.4, -0.2) is 60.1 Å². The van der Waals surface area contributed by atoms with Crippen LogP contribution in [0, 0.1) is 0 Å². The highest BCUT2D eigenvalue weighted by Crippen LogP contribution is 2.28. The van der Waals surface area contributed by atoms with Crippen molar-refractivity contribution in [3.8, 4) is 11.3 Å². The predicted octanol–water partition coefficient (Wildman–Crippen LogP) is 4.10. The van der Waals surface area contributed by atoms with Gasteiger partial charge in [0.2, 0.25) is 0 Å². The second-order valence-corrected chi connectivity index (χ2v) is 8.07. The Bertz CT molecular complexity index is 1000. The van der Waals surface area contributed by atoms with Gasteiger partial charge >= 0.3 is 0 Å². The molecule has 31 heavy (non-hydrogen) atoms. The summed E-state index contributed by atoms with van der Waals surface area (Å²) in [4.78, 5) is 17.6. The summed E-state index contributed by atoms with van der Waals surface area (Å²) >= 11 is 6.52. The van der Waals surface area contributed by atoms with E-state index in [2.05, 4.69) is 27.2 Å². The van der Waals surface area contributed by atoms with Crippen LogP contribution in [0.2, 0.25) is 5.02 Å². The Morgan fingerprint density at radius 2 is 1.81 bits per heavy atom. The molecule has 1 atom stereocenters. The largest absolute Gasteiger partial charge is 0.355 e. The highest BCUT2D eigenvalue weighted by Gasteiger charge is 2.27. The number of hydrogen-bond acceptors (Lipinski definition) is 5. The van der Waals surface area contributed by atoms with E-state index < -0.39 is 0 Å². The van der Waals surface area contributed by atoms with Gasteiger partial charge in [-0.3, -0.25) is 9.69 Å². The molecule has 1 N–H and O–H groups in total. The Morgan fingerprint density at radius 1 is 1.10 bits per heavy atom. The van der Waals surface area contributed by atoms with Crippen molar-refractivity contribution in [1.82, 2.24) is 20.3 Å². The molecule has 1 aromatic heterocycles. The van der Waals surface area contributed by atoms with E-state index >= 15 is 0 Å². The molecule has 0 unspecified atom stereocenters. The number of benzene rings is 2. The highest BCUT2D eigenvalue weighted by molar-refractivity contribution is 6.31. The standard InChI is InChI=1S/C24H27ClN4O2/c1-2-28-12-14-29(15-13-28)22(19-10-6-7-11-20(19)25)17-26-24(30)21-16-23(31-27-21)18-8-4-3-5-9-18/h3-11,16,22H,2,12-15,17H2,1H3,(H,26,30)/t22-/m1/s1. The summed E-state index contributed by atoms with van der Waals surface area (Å²) in [5, 5.41) is 7.71. The SMILES string of the molecule is CCN1CCN([C@H](CNC(=O)c2cc(-c3ccccc3)on2)c2ccccc2Cl)CC1. The van der Waals surface area contributed by atoms with Gasteiger partial charge in [-0.15, -0.1) is 0 Å². The van der Waals surface area contributed by atoms with E-state index in [-0.39, 0.29) is 17.6 Å². The number of nitrogens with one attached hydrogen (secondary N) is 1. The van der Waals surface area contributed by atoms with Crippen molar-refractivity contribution in [3.63, 3.8) is 0 Å². The average Bonchev–Trinajstić information content (AvgIpc) is 3.32. The quantitative estimate of drug-likeness (QED) is 0.601. The van der Waals surface area contributed by atoms with Gasteiger partial charge in [0.15, 0.2) is 11.5 Å². The molecule has 1 aliphatic heterocycles. The molecule has 0 aliphatic carbocycles. The summed E-state index contributed by atoms with van der Waals surface area (Å²) in [5.41, 5.74) is 2.18. The van der Waals surface area contributed by atoms with E-state index in [1.807, 2.05) is 54.6 Å². The molecule has 1 saturated heterocycles. The van der Waals surface area contributed by atoms with Crippen LogP contribution in [0.3, 0.4) is 0 Å². The molecule has 4 rings (SSSR count). The molecule has 0 radical (unpaired) electrons. The molecular formula is C24H27ClN4O2. The van der Waals surface area contributed by atoms with Crippen LogP contribution < -0.4 is 5.32 Å². The topological polar surface area (TPSA) is 61.6 Å². The molecule has 0 saturated carbocycles. The lowest BCUT2D eigenvalue weighted by atomic mass is 10.0. The molecule has 6 nitrogen and oxygen atoms in total. The minimum absolute atomic E-state index is 0.00264. The fourth-order valence-electron chi connectivity index (χ4n) is 3.97.